The van der Waals surface area contributed by atoms with Crippen molar-refractivity contribution >= 4 is 5.69 Å². The quantitative estimate of drug-likeness (QED) is 0.671. The lowest BCUT2D eigenvalue weighted by atomic mass is 9.79. The number of aromatic hydroxyl groups is 1. The van der Waals surface area contributed by atoms with Gasteiger partial charge in [-0.15, -0.1) is 0 Å². The van der Waals surface area contributed by atoms with Crippen molar-refractivity contribution in [2.45, 2.75) is 52.2 Å². The molecule has 90 valence electrons. The summed E-state index contributed by atoms with van der Waals surface area (Å²) in [6, 6.07) is 0.294. The molecule has 3 N–H and O–H groups in total. The minimum Gasteiger partial charge on any atom is -0.508 e. The predicted octanol–water partition coefficient (Wildman–Crippen LogP) is 3.57. The third-order valence-electron chi connectivity index (χ3n) is 2.30. The van der Waals surface area contributed by atoms with Gasteiger partial charge in [-0.3, -0.25) is 0 Å². The van der Waals surface area contributed by atoms with Crippen molar-refractivity contribution in [3.05, 3.63) is 23.2 Å². The van der Waals surface area contributed by atoms with E-state index in [1.807, 2.05) is 0 Å². The molecule has 16 heavy (non-hydrogen) atoms. The number of phenols is 1. The van der Waals surface area contributed by atoms with Gasteiger partial charge in [-0.1, -0.05) is 41.3 Å². The first-order valence-electron chi connectivity index (χ1n) is 9.84. The van der Waals surface area contributed by atoms with Crippen LogP contribution in [-0.4, -0.2) is 5.11 Å². The smallest absolute Gasteiger partial charge is 0.121 e. The largest absolute Gasteiger partial charge is 0.508 e. The molecule has 0 aromatic heterocycles. The summed E-state index contributed by atoms with van der Waals surface area (Å²) in [7, 11) is 0. The first-order chi connectivity index (χ1) is 11.2. The number of rotatable bonds is 0. The second-order valence-corrected chi connectivity index (χ2v) is 4.86. The zero-order valence-corrected chi connectivity index (χ0v) is 9.60. The molecule has 1 aromatic carbocycles. The summed E-state index contributed by atoms with van der Waals surface area (Å²) in [5.41, 5.74) is 0.854. The topological polar surface area (TPSA) is 46.2 Å². The molecule has 0 saturated heterocycles. The maximum Gasteiger partial charge on any atom is 0.121 e. The highest BCUT2D eigenvalue weighted by atomic mass is 16.3. The highest BCUT2D eigenvalue weighted by molar-refractivity contribution is 5.58. The fourth-order valence-corrected chi connectivity index (χ4v) is 1.46. The molecule has 0 atom stereocenters. The molecule has 1 aromatic rings. The molecule has 0 aliphatic heterocycles. The van der Waals surface area contributed by atoms with Crippen LogP contribution in [0.4, 0.5) is 5.69 Å². The van der Waals surface area contributed by atoms with Crippen LogP contribution in [-0.2, 0) is 10.8 Å². The van der Waals surface area contributed by atoms with Gasteiger partial charge in [0.1, 0.15) is 5.75 Å². The van der Waals surface area contributed by atoms with E-state index in [4.69, 9.17) is 19.4 Å². The van der Waals surface area contributed by atoms with Crippen LogP contribution in [0.15, 0.2) is 12.1 Å². The van der Waals surface area contributed by atoms with Crippen LogP contribution in [0.3, 0.4) is 0 Å². The lowest BCUT2D eigenvalue weighted by molar-refractivity contribution is 0.445. The van der Waals surface area contributed by atoms with Gasteiger partial charge in [0, 0.05) is 24.1 Å². The fourth-order valence-electron chi connectivity index (χ4n) is 1.46. The first-order valence-corrected chi connectivity index (χ1v) is 4.84. The second-order valence-electron chi connectivity index (χ2n) is 4.86. The Morgan fingerprint density at radius 1 is 1.19 bits per heavy atom. The Labute approximate surface area is 113 Å². The highest BCUT2D eigenvalue weighted by Crippen LogP contribution is 2.38. The van der Waals surface area contributed by atoms with Crippen LogP contribution >= 0.6 is 0 Å². The van der Waals surface area contributed by atoms with E-state index in [0.29, 0.717) is 0 Å². The third-order valence-corrected chi connectivity index (χ3v) is 2.30. The lowest BCUT2D eigenvalue weighted by Crippen LogP contribution is -2.18. The van der Waals surface area contributed by atoms with Crippen LogP contribution in [0, 0.1) is 0 Å². The zero-order chi connectivity index (χ0) is 21.1. The van der Waals surface area contributed by atoms with Crippen LogP contribution in [0.5, 0.6) is 5.75 Å². The van der Waals surface area contributed by atoms with Crippen molar-refractivity contribution in [1.82, 2.24) is 0 Å². The molecule has 0 bridgehead atoms. The lowest BCUT2D eigenvalue weighted by Gasteiger charge is -2.27. The number of hydrogen-bond acceptors (Lipinski definition) is 2. The van der Waals surface area contributed by atoms with E-state index < -0.39 is 48.7 Å². The number of benzene rings is 1. The van der Waals surface area contributed by atoms with Crippen LogP contribution < -0.4 is 5.73 Å². The number of anilines is 1. The summed E-state index contributed by atoms with van der Waals surface area (Å²) < 4.78 is 77.7. The van der Waals surface area contributed by atoms with Gasteiger partial charge >= 0.3 is 0 Å². The molecule has 0 amide bonds. The average Bonchev–Trinajstić information content (AvgIpc) is 2.32. The van der Waals surface area contributed by atoms with Gasteiger partial charge in [0.15, 0.2) is 0 Å². The minimum atomic E-state index is -3.53. The standard InChI is InChI=1S/C14H23NO/c1-13(2,3)9-7-10(14(4,5)6)12(16)8-11(9)15/h7-8,16H,15H2,1-6H3/i4D3,5D3,6D3,8D. The SMILES string of the molecule is [2H]c1c(N)c(C(C)(C)C)cc(C(C([2H])([2H])[2H])(C([2H])([2H])[2H])C([2H])([2H])[2H])c1O. The summed E-state index contributed by atoms with van der Waals surface area (Å²) in [4.78, 5) is 0. The summed E-state index contributed by atoms with van der Waals surface area (Å²) in [6.07, 6.45) is 0. The molecule has 2 nitrogen and oxygen atoms in total. The van der Waals surface area contributed by atoms with E-state index in [1.165, 1.54) is 0 Å². The molecule has 0 saturated carbocycles. The van der Waals surface area contributed by atoms with Gasteiger partial charge in [0.2, 0.25) is 0 Å². The first kappa shape index (κ1) is 4.59. The zero-order valence-electron chi connectivity index (χ0n) is 19.6. The number of nitrogens with two attached hydrogens (primary N) is 1. The van der Waals surface area contributed by atoms with E-state index in [-0.39, 0.29) is 11.3 Å². The van der Waals surface area contributed by atoms with E-state index >= 15 is 0 Å². The monoisotopic (exact) mass is 231 g/mol. The molecule has 0 unspecified atom stereocenters. The minimum absolute atomic E-state index is 0.172. The highest BCUT2D eigenvalue weighted by Gasteiger charge is 2.24. The molecule has 0 aliphatic carbocycles. The Balaban J connectivity index is 4.25. The van der Waals surface area contributed by atoms with Crippen molar-refractivity contribution in [3.63, 3.8) is 0 Å². The fraction of sp³-hybridized carbons (Fsp3) is 0.571. The molecule has 1 rings (SSSR count). The molecule has 0 fully saturated rings. The summed E-state index contributed by atoms with van der Waals surface area (Å²) in [6.45, 7) is -5.54. The van der Waals surface area contributed by atoms with E-state index in [0.717, 1.165) is 6.07 Å². The van der Waals surface area contributed by atoms with E-state index in [9.17, 15) is 5.11 Å². The second kappa shape index (κ2) is 3.69. The maximum absolute atomic E-state index is 10.4. The molecule has 0 radical (unpaired) electrons. The van der Waals surface area contributed by atoms with Gasteiger partial charge < -0.3 is 10.8 Å². The van der Waals surface area contributed by atoms with E-state index in [1.54, 1.807) is 20.8 Å². The Bertz CT molecular complexity index is 658. The van der Waals surface area contributed by atoms with Crippen molar-refractivity contribution in [3.8, 4) is 5.75 Å². The van der Waals surface area contributed by atoms with Gasteiger partial charge in [-0.2, -0.15) is 0 Å². The molecule has 0 aliphatic rings. The van der Waals surface area contributed by atoms with Crippen LogP contribution in [0.2, 0.25) is 0 Å². The Hall–Kier alpha value is -1.18. The molecule has 0 spiro atoms. The van der Waals surface area contributed by atoms with Crippen molar-refractivity contribution < 1.29 is 18.8 Å². The Morgan fingerprint density at radius 3 is 2.19 bits per heavy atom. The van der Waals surface area contributed by atoms with Gasteiger partial charge in [-0.25, -0.2) is 0 Å². The normalized spacial score (nSPS) is 24.4. The van der Waals surface area contributed by atoms with E-state index in [2.05, 4.69) is 0 Å². The number of hydrogen-bond donors (Lipinski definition) is 2. The van der Waals surface area contributed by atoms with Crippen LogP contribution in [0.1, 0.15) is 66.2 Å². The molecular weight excluding hydrogens is 198 g/mol. The summed E-state index contributed by atoms with van der Waals surface area (Å²) in [5, 5.41) is 10.4. The number of phenolic OH excluding ortho intramolecular Hbond substituents is 1. The third kappa shape index (κ3) is 2.49. The summed E-state index contributed by atoms with van der Waals surface area (Å²) in [5.74, 6) is -1.06. The van der Waals surface area contributed by atoms with Crippen LogP contribution in [0.25, 0.3) is 0 Å². The summed E-state index contributed by atoms with van der Waals surface area (Å²) >= 11 is 0. The Kier molecular flexibility index (Phi) is 1.06. The maximum atomic E-state index is 10.4. The predicted molar refractivity (Wildman–Crippen MR) is 69.9 cm³/mol. The van der Waals surface area contributed by atoms with Crippen molar-refractivity contribution in [1.29, 1.82) is 0 Å². The molecule has 0 heterocycles. The van der Waals surface area contributed by atoms with Gasteiger partial charge in [0.25, 0.3) is 0 Å². The average molecular weight is 231 g/mol. The number of nitrogen functional groups attached to an aromatic ring is 1. The van der Waals surface area contributed by atoms with Crippen molar-refractivity contribution in [2.24, 2.45) is 0 Å². The Morgan fingerprint density at radius 2 is 1.75 bits per heavy atom. The van der Waals surface area contributed by atoms with Gasteiger partial charge in [-0.05, 0) is 28.0 Å². The molecular formula is C14H23NO. The van der Waals surface area contributed by atoms with Crippen molar-refractivity contribution in [2.75, 3.05) is 5.73 Å². The molecule has 2 heteroatoms. The van der Waals surface area contributed by atoms with Gasteiger partial charge in [0.05, 0.1) is 1.37 Å².